The van der Waals surface area contributed by atoms with E-state index in [-0.39, 0.29) is 18.0 Å². The lowest BCUT2D eigenvalue weighted by atomic mass is 10.2. The van der Waals surface area contributed by atoms with Crippen molar-refractivity contribution in [1.82, 2.24) is 14.7 Å². The van der Waals surface area contributed by atoms with Crippen LogP contribution in [0.15, 0.2) is 48.8 Å². The predicted molar refractivity (Wildman–Crippen MR) is 77.8 cm³/mol. The fourth-order valence-corrected chi connectivity index (χ4v) is 2.15. The first-order chi connectivity index (χ1) is 10.1. The summed E-state index contributed by atoms with van der Waals surface area (Å²) in [6.07, 6.45) is 3.60. The second-order valence-corrected chi connectivity index (χ2v) is 4.97. The van der Waals surface area contributed by atoms with Gasteiger partial charge in [0.2, 0.25) is 0 Å². The molecule has 0 unspecified atom stereocenters. The number of pyridine rings is 1. The highest BCUT2D eigenvalue weighted by Gasteiger charge is 2.08. The Morgan fingerprint density at radius 3 is 3.00 bits per heavy atom. The monoisotopic (exact) mass is 303 g/mol. The highest BCUT2D eigenvalue weighted by molar-refractivity contribution is 6.30. The lowest BCUT2D eigenvalue weighted by molar-refractivity contribution is 0.0950. The van der Waals surface area contributed by atoms with Crippen LogP contribution >= 0.6 is 11.6 Å². The minimum absolute atomic E-state index is 0.259. The van der Waals surface area contributed by atoms with Crippen LogP contribution in [-0.2, 0) is 6.54 Å². The molecule has 6 heteroatoms. The van der Waals surface area contributed by atoms with Gasteiger partial charge in [-0.05, 0) is 30.3 Å². The van der Waals surface area contributed by atoms with Crippen molar-refractivity contribution in [2.75, 3.05) is 0 Å². The molecule has 0 aliphatic heterocycles. The number of carbonyl (C=O) groups is 1. The van der Waals surface area contributed by atoms with Gasteiger partial charge in [0, 0.05) is 23.0 Å². The van der Waals surface area contributed by atoms with E-state index in [1.807, 2.05) is 4.40 Å². The van der Waals surface area contributed by atoms with Crippen molar-refractivity contribution in [2.24, 2.45) is 0 Å². The van der Waals surface area contributed by atoms with E-state index >= 15 is 0 Å². The number of amides is 1. The van der Waals surface area contributed by atoms with Gasteiger partial charge in [-0.3, -0.25) is 4.79 Å². The number of carbonyl (C=O) groups excluding carboxylic acids is 1. The van der Waals surface area contributed by atoms with Gasteiger partial charge in [0.05, 0.1) is 12.2 Å². The van der Waals surface area contributed by atoms with Crippen LogP contribution in [0.3, 0.4) is 0 Å². The normalized spacial score (nSPS) is 10.8. The van der Waals surface area contributed by atoms with Gasteiger partial charge in [-0.2, -0.15) is 0 Å². The number of fused-ring (bicyclic) bond motifs is 1. The van der Waals surface area contributed by atoms with Gasteiger partial charge in [-0.15, -0.1) is 0 Å². The van der Waals surface area contributed by atoms with Crippen molar-refractivity contribution in [2.45, 2.75) is 6.54 Å². The summed E-state index contributed by atoms with van der Waals surface area (Å²) < 4.78 is 14.9. The molecule has 0 radical (unpaired) electrons. The quantitative estimate of drug-likeness (QED) is 0.808. The first-order valence-electron chi connectivity index (χ1n) is 6.29. The fraction of sp³-hybridized carbons (Fsp3) is 0.0667. The third-order valence-corrected chi connectivity index (χ3v) is 3.22. The molecule has 1 N–H and O–H groups in total. The Morgan fingerprint density at radius 1 is 1.33 bits per heavy atom. The fourth-order valence-electron chi connectivity index (χ4n) is 2.00. The van der Waals surface area contributed by atoms with Crippen LogP contribution in [0, 0.1) is 5.82 Å². The Balaban J connectivity index is 1.72. The van der Waals surface area contributed by atoms with Crippen LogP contribution in [0.4, 0.5) is 4.39 Å². The molecule has 3 aromatic rings. The molecular formula is C15H11ClFN3O. The molecule has 0 saturated carbocycles. The average Bonchev–Trinajstić information content (AvgIpc) is 2.86. The van der Waals surface area contributed by atoms with Crippen molar-refractivity contribution >= 4 is 23.2 Å². The van der Waals surface area contributed by atoms with E-state index in [0.29, 0.717) is 16.4 Å². The van der Waals surface area contributed by atoms with Gasteiger partial charge in [-0.1, -0.05) is 17.7 Å². The van der Waals surface area contributed by atoms with Crippen LogP contribution in [0.1, 0.15) is 16.1 Å². The van der Waals surface area contributed by atoms with E-state index in [0.717, 1.165) is 0 Å². The molecule has 0 bridgehead atoms. The van der Waals surface area contributed by atoms with Crippen molar-refractivity contribution in [3.63, 3.8) is 0 Å². The van der Waals surface area contributed by atoms with Crippen molar-refractivity contribution in [3.8, 4) is 0 Å². The highest BCUT2D eigenvalue weighted by atomic mass is 35.5. The lowest BCUT2D eigenvalue weighted by Gasteiger charge is -2.02. The Bertz CT molecular complexity index is 816. The predicted octanol–water partition coefficient (Wildman–Crippen LogP) is 3.06. The van der Waals surface area contributed by atoms with E-state index in [2.05, 4.69) is 10.3 Å². The first kappa shape index (κ1) is 13.6. The summed E-state index contributed by atoms with van der Waals surface area (Å²) in [7, 11) is 0. The van der Waals surface area contributed by atoms with E-state index in [1.165, 1.54) is 18.2 Å². The second kappa shape index (κ2) is 5.54. The van der Waals surface area contributed by atoms with Gasteiger partial charge in [0.1, 0.15) is 11.5 Å². The topological polar surface area (TPSA) is 46.4 Å². The van der Waals surface area contributed by atoms with Gasteiger partial charge < -0.3 is 9.72 Å². The van der Waals surface area contributed by atoms with E-state index in [1.54, 1.807) is 30.6 Å². The van der Waals surface area contributed by atoms with Crippen LogP contribution < -0.4 is 5.32 Å². The number of rotatable bonds is 3. The number of hydrogen-bond acceptors (Lipinski definition) is 2. The highest BCUT2D eigenvalue weighted by Crippen LogP contribution is 2.12. The second-order valence-electron chi connectivity index (χ2n) is 4.54. The van der Waals surface area contributed by atoms with Crippen LogP contribution in [0.25, 0.3) is 5.65 Å². The zero-order valence-electron chi connectivity index (χ0n) is 10.9. The number of halogens is 2. The first-order valence-corrected chi connectivity index (χ1v) is 6.66. The van der Waals surface area contributed by atoms with Crippen molar-refractivity contribution < 1.29 is 9.18 Å². The molecule has 2 heterocycles. The molecule has 4 nitrogen and oxygen atoms in total. The lowest BCUT2D eigenvalue weighted by Crippen LogP contribution is -2.23. The van der Waals surface area contributed by atoms with Gasteiger partial charge in [0.25, 0.3) is 5.91 Å². The molecule has 0 spiro atoms. The summed E-state index contributed by atoms with van der Waals surface area (Å²) in [6.45, 7) is 0.259. The van der Waals surface area contributed by atoms with Gasteiger partial charge >= 0.3 is 0 Å². The van der Waals surface area contributed by atoms with Gasteiger partial charge in [-0.25, -0.2) is 9.37 Å². The maximum Gasteiger partial charge on any atom is 0.251 e. The zero-order valence-corrected chi connectivity index (χ0v) is 11.6. The summed E-state index contributed by atoms with van der Waals surface area (Å²) in [5, 5.41) is 3.30. The number of imidazole rings is 1. The summed E-state index contributed by atoms with van der Waals surface area (Å²) in [5.74, 6) is -0.783. The number of nitrogens with one attached hydrogen (secondary N) is 1. The molecule has 106 valence electrons. The van der Waals surface area contributed by atoms with Crippen LogP contribution in [0.2, 0.25) is 5.02 Å². The summed E-state index contributed by atoms with van der Waals surface area (Å²) in [4.78, 5) is 16.3. The summed E-state index contributed by atoms with van der Waals surface area (Å²) >= 11 is 5.89. The third kappa shape index (κ3) is 3.03. The van der Waals surface area contributed by atoms with Crippen molar-refractivity contribution in [1.29, 1.82) is 0 Å². The number of hydrogen-bond donors (Lipinski definition) is 1. The molecule has 0 aliphatic carbocycles. The Morgan fingerprint density at radius 2 is 2.19 bits per heavy atom. The van der Waals surface area contributed by atoms with E-state index in [9.17, 15) is 9.18 Å². The molecule has 0 atom stereocenters. The van der Waals surface area contributed by atoms with Crippen LogP contribution in [-0.4, -0.2) is 15.3 Å². The number of benzene rings is 1. The minimum atomic E-state index is -0.440. The zero-order chi connectivity index (χ0) is 14.8. The standard InChI is InChI=1S/C15H11ClFN3O/c16-11-4-5-20-9-13(19-14(20)7-11)8-18-15(21)10-2-1-3-12(17)6-10/h1-7,9H,8H2,(H,18,21). The third-order valence-electron chi connectivity index (χ3n) is 2.99. The van der Waals surface area contributed by atoms with Gasteiger partial charge in [0.15, 0.2) is 0 Å². The molecule has 0 fully saturated rings. The number of nitrogens with zero attached hydrogens (tertiary/aromatic N) is 2. The maximum absolute atomic E-state index is 13.1. The SMILES string of the molecule is O=C(NCc1cn2ccc(Cl)cc2n1)c1cccc(F)c1. The number of aromatic nitrogens is 2. The largest absolute Gasteiger partial charge is 0.346 e. The van der Waals surface area contributed by atoms with E-state index in [4.69, 9.17) is 11.6 Å². The molecule has 1 aromatic carbocycles. The summed E-state index contributed by atoms with van der Waals surface area (Å²) in [6, 6.07) is 9.03. The Labute approximate surface area is 125 Å². The molecule has 0 aliphatic rings. The minimum Gasteiger partial charge on any atom is -0.346 e. The maximum atomic E-state index is 13.1. The smallest absolute Gasteiger partial charge is 0.251 e. The molecule has 2 aromatic heterocycles. The summed E-state index contributed by atoms with van der Waals surface area (Å²) in [5.41, 5.74) is 1.68. The van der Waals surface area contributed by atoms with Crippen molar-refractivity contribution in [3.05, 3.63) is 70.9 Å². The molecular weight excluding hydrogens is 293 g/mol. The molecule has 3 rings (SSSR count). The molecule has 0 saturated heterocycles. The van der Waals surface area contributed by atoms with Crippen LogP contribution in [0.5, 0.6) is 0 Å². The molecule has 1 amide bonds. The molecule has 21 heavy (non-hydrogen) atoms. The Hall–Kier alpha value is -2.40. The Kier molecular flexibility index (Phi) is 3.58. The average molecular weight is 304 g/mol. The van der Waals surface area contributed by atoms with E-state index < -0.39 is 5.82 Å².